The first-order valence-corrected chi connectivity index (χ1v) is 9.43. The van der Waals surface area contributed by atoms with Crippen LogP contribution in [0.2, 0.25) is 5.02 Å². The number of hydrogen-bond acceptors (Lipinski definition) is 6. The maximum Gasteiger partial charge on any atom is 0.172 e. The van der Waals surface area contributed by atoms with E-state index >= 15 is 0 Å². The van der Waals surface area contributed by atoms with Crippen molar-refractivity contribution in [2.75, 3.05) is 13.2 Å². The Hall–Kier alpha value is -2.77. The number of H-pyrrole nitrogens is 1. The van der Waals surface area contributed by atoms with Crippen LogP contribution in [-0.2, 0) is 6.61 Å². The summed E-state index contributed by atoms with van der Waals surface area (Å²) in [5, 5.41) is 7.74. The minimum Gasteiger partial charge on any atom is -0.490 e. The summed E-state index contributed by atoms with van der Waals surface area (Å²) in [6, 6.07) is 12.2. The third-order valence-electron chi connectivity index (χ3n) is 3.94. The summed E-state index contributed by atoms with van der Waals surface area (Å²) in [4.78, 5) is 4.44. The van der Waals surface area contributed by atoms with Crippen molar-refractivity contribution in [1.29, 1.82) is 0 Å². The van der Waals surface area contributed by atoms with E-state index in [9.17, 15) is 0 Å². The van der Waals surface area contributed by atoms with Crippen LogP contribution in [0.1, 0.15) is 37.1 Å². The highest BCUT2D eigenvalue weighted by Crippen LogP contribution is 2.31. The summed E-state index contributed by atoms with van der Waals surface area (Å²) in [5.74, 6) is 3.09. The molecule has 0 saturated carbocycles. The Kier molecular flexibility index (Phi) is 6.73. The van der Waals surface area contributed by atoms with Gasteiger partial charge in [0.2, 0.25) is 0 Å². The highest BCUT2D eigenvalue weighted by Gasteiger charge is 2.17. The summed E-state index contributed by atoms with van der Waals surface area (Å²) in [7, 11) is 0. The van der Waals surface area contributed by atoms with E-state index in [0.717, 1.165) is 5.56 Å². The summed E-state index contributed by atoms with van der Waals surface area (Å²) in [5.41, 5.74) is 7.18. The summed E-state index contributed by atoms with van der Waals surface area (Å²) in [6.45, 7) is 5.19. The predicted molar refractivity (Wildman–Crippen MR) is 107 cm³/mol. The molecule has 3 rings (SSSR count). The van der Waals surface area contributed by atoms with Crippen LogP contribution >= 0.6 is 11.6 Å². The fourth-order valence-electron chi connectivity index (χ4n) is 2.61. The third-order valence-corrected chi connectivity index (χ3v) is 4.19. The number of hydrogen-bond donors (Lipinski definition) is 2. The predicted octanol–water partition coefficient (Wildman–Crippen LogP) is 3.88. The van der Waals surface area contributed by atoms with Crippen molar-refractivity contribution in [1.82, 2.24) is 15.2 Å². The van der Waals surface area contributed by atoms with Gasteiger partial charge in [-0.25, -0.2) is 4.98 Å². The van der Waals surface area contributed by atoms with Gasteiger partial charge in [0.25, 0.3) is 0 Å². The molecule has 0 aliphatic heterocycles. The average molecular weight is 403 g/mol. The van der Waals surface area contributed by atoms with Crippen LogP contribution in [0.15, 0.2) is 42.5 Å². The maximum atomic E-state index is 6.35. The minimum atomic E-state index is -0.504. The molecule has 0 spiro atoms. The molecular formula is C20H23ClN4O3. The molecule has 0 radical (unpaired) electrons. The molecule has 7 nitrogen and oxygen atoms in total. The molecule has 3 aromatic rings. The summed E-state index contributed by atoms with van der Waals surface area (Å²) in [6.07, 6.45) is 0. The van der Waals surface area contributed by atoms with Crippen molar-refractivity contribution in [3.63, 3.8) is 0 Å². The van der Waals surface area contributed by atoms with E-state index in [-0.39, 0.29) is 6.61 Å². The average Bonchev–Trinajstić information content (AvgIpc) is 3.18. The first kappa shape index (κ1) is 20.0. The number of nitrogens with one attached hydrogen (secondary N) is 1. The second kappa shape index (κ2) is 9.43. The number of nitrogens with two attached hydrogens (primary N) is 1. The van der Waals surface area contributed by atoms with Crippen molar-refractivity contribution >= 4 is 11.6 Å². The molecule has 0 amide bonds. The quantitative estimate of drug-likeness (QED) is 0.563. The normalized spacial score (nSPS) is 11.9. The van der Waals surface area contributed by atoms with Gasteiger partial charge in [-0.2, -0.15) is 5.10 Å². The lowest BCUT2D eigenvalue weighted by Crippen LogP contribution is -2.14. The smallest absolute Gasteiger partial charge is 0.172 e. The van der Waals surface area contributed by atoms with E-state index in [2.05, 4.69) is 15.2 Å². The first-order chi connectivity index (χ1) is 13.6. The maximum absolute atomic E-state index is 6.35. The SMILES string of the molecule is CCOc1ccc([C@@H](N)c2n[nH]c(COc3ccc(Cl)cc3)n2)cc1OCC. The van der Waals surface area contributed by atoms with Gasteiger partial charge < -0.3 is 19.9 Å². The second-order valence-electron chi connectivity index (χ2n) is 5.93. The number of rotatable bonds is 9. The van der Waals surface area contributed by atoms with E-state index in [1.807, 2.05) is 32.0 Å². The molecule has 0 bridgehead atoms. The van der Waals surface area contributed by atoms with E-state index < -0.39 is 6.04 Å². The Bertz CT molecular complexity index is 899. The minimum absolute atomic E-state index is 0.245. The topological polar surface area (TPSA) is 95.3 Å². The van der Waals surface area contributed by atoms with Crippen molar-refractivity contribution in [3.05, 3.63) is 64.7 Å². The molecule has 8 heteroatoms. The van der Waals surface area contributed by atoms with Crippen LogP contribution in [0.4, 0.5) is 0 Å². The van der Waals surface area contributed by atoms with Gasteiger partial charge in [-0.15, -0.1) is 0 Å². The molecular weight excluding hydrogens is 380 g/mol. The van der Waals surface area contributed by atoms with Gasteiger partial charge >= 0.3 is 0 Å². The second-order valence-corrected chi connectivity index (χ2v) is 6.37. The Labute approximate surface area is 168 Å². The highest BCUT2D eigenvalue weighted by atomic mass is 35.5. The van der Waals surface area contributed by atoms with Gasteiger partial charge in [-0.1, -0.05) is 17.7 Å². The Balaban J connectivity index is 1.70. The van der Waals surface area contributed by atoms with Gasteiger partial charge in [-0.3, -0.25) is 5.10 Å². The van der Waals surface area contributed by atoms with E-state index in [4.69, 9.17) is 31.5 Å². The van der Waals surface area contributed by atoms with Gasteiger partial charge in [0.15, 0.2) is 23.1 Å². The fraction of sp³-hybridized carbons (Fsp3) is 0.300. The Morgan fingerprint density at radius 2 is 1.71 bits per heavy atom. The Morgan fingerprint density at radius 1 is 1.00 bits per heavy atom. The standard InChI is InChI=1S/C20H23ClN4O3/c1-3-26-16-10-5-13(11-17(16)27-4-2)19(22)20-23-18(24-25-20)12-28-15-8-6-14(21)7-9-15/h5-11,19H,3-4,12,22H2,1-2H3,(H,23,24,25)/t19-/m1/s1. The van der Waals surface area contributed by atoms with Crippen molar-refractivity contribution in [2.45, 2.75) is 26.5 Å². The largest absolute Gasteiger partial charge is 0.490 e. The Morgan fingerprint density at radius 3 is 2.43 bits per heavy atom. The van der Waals surface area contributed by atoms with E-state index in [0.29, 0.717) is 47.1 Å². The lowest BCUT2D eigenvalue weighted by atomic mass is 10.1. The molecule has 2 aromatic carbocycles. The molecule has 148 valence electrons. The number of benzene rings is 2. The number of aromatic nitrogens is 3. The van der Waals surface area contributed by atoms with Crippen LogP contribution in [0.25, 0.3) is 0 Å². The molecule has 3 N–H and O–H groups in total. The number of nitrogens with zero attached hydrogens (tertiary/aromatic N) is 2. The van der Waals surface area contributed by atoms with Gasteiger partial charge in [-0.05, 0) is 55.8 Å². The van der Waals surface area contributed by atoms with Gasteiger partial charge in [0.05, 0.1) is 19.3 Å². The van der Waals surface area contributed by atoms with Crippen molar-refractivity contribution < 1.29 is 14.2 Å². The molecule has 0 unspecified atom stereocenters. The van der Waals surface area contributed by atoms with Crippen LogP contribution < -0.4 is 19.9 Å². The number of aromatic amines is 1. The molecule has 1 aromatic heterocycles. The summed E-state index contributed by atoms with van der Waals surface area (Å²) >= 11 is 5.87. The van der Waals surface area contributed by atoms with E-state index in [1.165, 1.54) is 0 Å². The van der Waals surface area contributed by atoms with Crippen LogP contribution in [-0.4, -0.2) is 28.4 Å². The molecule has 0 fully saturated rings. The number of halogens is 1. The fourth-order valence-corrected chi connectivity index (χ4v) is 2.73. The number of ether oxygens (including phenoxy) is 3. The molecule has 0 aliphatic carbocycles. The van der Waals surface area contributed by atoms with Crippen LogP contribution in [0.3, 0.4) is 0 Å². The molecule has 0 saturated heterocycles. The summed E-state index contributed by atoms with van der Waals surface area (Å²) < 4.78 is 16.9. The van der Waals surface area contributed by atoms with Crippen molar-refractivity contribution in [3.8, 4) is 17.2 Å². The van der Waals surface area contributed by atoms with Crippen molar-refractivity contribution in [2.24, 2.45) is 5.73 Å². The lowest BCUT2D eigenvalue weighted by Gasteiger charge is -2.14. The monoisotopic (exact) mass is 402 g/mol. The third kappa shape index (κ3) is 4.94. The zero-order valence-electron chi connectivity index (χ0n) is 15.8. The lowest BCUT2D eigenvalue weighted by molar-refractivity contribution is 0.287. The zero-order valence-corrected chi connectivity index (χ0v) is 16.6. The van der Waals surface area contributed by atoms with E-state index in [1.54, 1.807) is 24.3 Å². The van der Waals surface area contributed by atoms with Gasteiger partial charge in [0, 0.05) is 5.02 Å². The molecule has 0 aliphatic rings. The highest BCUT2D eigenvalue weighted by molar-refractivity contribution is 6.30. The zero-order chi connectivity index (χ0) is 19.9. The molecule has 1 heterocycles. The van der Waals surface area contributed by atoms with Gasteiger partial charge in [0.1, 0.15) is 12.4 Å². The first-order valence-electron chi connectivity index (χ1n) is 9.05. The van der Waals surface area contributed by atoms with Crippen LogP contribution in [0, 0.1) is 0 Å². The molecule has 1 atom stereocenters. The molecule has 28 heavy (non-hydrogen) atoms. The van der Waals surface area contributed by atoms with Crippen LogP contribution in [0.5, 0.6) is 17.2 Å².